The van der Waals surface area contributed by atoms with E-state index in [4.69, 9.17) is 0 Å². The number of likely N-dealkylation sites (tertiary alicyclic amines) is 1. The third-order valence-electron chi connectivity index (χ3n) is 4.29. The number of aromatic nitrogens is 1. The van der Waals surface area contributed by atoms with Crippen molar-refractivity contribution in [3.05, 3.63) is 16.1 Å². The molecule has 1 aliphatic heterocycles. The SMILES string of the molecule is CC(C)c1csc(C(=O)N(C)CCC(C)N2CCCC2)n1. The van der Waals surface area contributed by atoms with Crippen molar-refractivity contribution in [3.8, 4) is 0 Å². The number of rotatable bonds is 6. The Kier molecular flexibility index (Phi) is 5.76. The van der Waals surface area contributed by atoms with Gasteiger partial charge < -0.3 is 9.80 Å². The number of hydrogen-bond donors (Lipinski definition) is 0. The lowest BCUT2D eigenvalue weighted by molar-refractivity contribution is 0.0781. The first-order valence-electron chi connectivity index (χ1n) is 7.94. The Labute approximate surface area is 132 Å². The van der Waals surface area contributed by atoms with Gasteiger partial charge in [0.1, 0.15) is 0 Å². The molecule has 1 fully saturated rings. The molecule has 1 atom stereocenters. The molecule has 4 nitrogen and oxygen atoms in total. The van der Waals surface area contributed by atoms with Crippen molar-refractivity contribution in [1.82, 2.24) is 14.8 Å². The molecule has 0 N–H and O–H groups in total. The molecular formula is C16H27N3OS. The molecule has 0 aliphatic carbocycles. The van der Waals surface area contributed by atoms with Crippen LogP contribution in [0.1, 0.15) is 61.4 Å². The number of nitrogens with zero attached hydrogens (tertiary/aromatic N) is 3. The van der Waals surface area contributed by atoms with E-state index < -0.39 is 0 Å². The average Bonchev–Trinajstić information content (AvgIpc) is 3.13. The highest BCUT2D eigenvalue weighted by atomic mass is 32.1. The van der Waals surface area contributed by atoms with Crippen molar-refractivity contribution >= 4 is 17.2 Å². The van der Waals surface area contributed by atoms with Crippen molar-refractivity contribution in [3.63, 3.8) is 0 Å². The molecule has 0 radical (unpaired) electrons. The van der Waals surface area contributed by atoms with E-state index in [1.807, 2.05) is 17.3 Å². The number of carbonyl (C=O) groups excluding carboxylic acids is 1. The van der Waals surface area contributed by atoms with Crippen molar-refractivity contribution in [2.45, 2.75) is 52.0 Å². The van der Waals surface area contributed by atoms with Crippen LogP contribution in [-0.2, 0) is 0 Å². The van der Waals surface area contributed by atoms with Crippen LogP contribution < -0.4 is 0 Å². The van der Waals surface area contributed by atoms with Crippen molar-refractivity contribution in [2.24, 2.45) is 0 Å². The molecule has 0 saturated carbocycles. The third kappa shape index (κ3) is 4.27. The molecule has 1 aromatic rings. The van der Waals surface area contributed by atoms with E-state index in [1.165, 1.54) is 37.3 Å². The number of carbonyl (C=O) groups is 1. The van der Waals surface area contributed by atoms with E-state index in [0.717, 1.165) is 18.7 Å². The Bertz CT molecular complexity index is 466. The molecule has 21 heavy (non-hydrogen) atoms. The summed E-state index contributed by atoms with van der Waals surface area (Å²) in [4.78, 5) is 21.2. The quantitative estimate of drug-likeness (QED) is 0.809. The van der Waals surface area contributed by atoms with Crippen LogP contribution in [0, 0.1) is 0 Å². The second kappa shape index (κ2) is 7.36. The van der Waals surface area contributed by atoms with Crippen molar-refractivity contribution in [2.75, 3.05) is 26.7 Å². The van der Waals surface area contributed by atoms with Crippen LogP contribution in [-0.4, -0.2) is 53.4 Å². The molecular weight excluding hydrogens is 282 g/mol. The van der Waals surface area contributed by atoms with Gasteiger partial charge in [-0.15, -0.1) is 11.3 Å². The summed E-state index contributed by atoms with van der Waals surface area (Å²) in [6, 6.07) is 0.560. The minimum Gasteiger partial charge on any atom is -0.340 e. The van der Waals surface area contributed by atoms with Crippen LogP contribution in [0.3, 0.4) is 0 Å². The van der Waals surface area contributed by atoms with E-state index in [9.17, 15) is 4.79 Å². The fourth-order valence-corrected chi connectivity index (χ4v) is 3.63. The summed E-state index contributed by atoms with van der Waals surface area (Å²) in [5, 5.41) is 2.62. The Balaban J connectivity index is 1.83. The Morgan fingerprint density at radius 1 is 1.38 bits per heavy atom. The second-order valence-electron chi connectivity index (χ2n) is 6.34. The van der Waals surface area contributed by atoms with E-state index in [1.54, 1.807) is 0 Å². The first-order chi connectivity index (χ1) is 9.99. The maximum Gasteiger partial charge on any atom is 0.282 e. The first kappa shape index (κ1) is 16.4. The van der Waals surface area contributed by atoms with Gasteiger partial charge in [-0.05, 0) is 45.2 Å². The van der Waals surface area contributed by atoms with Crippen LogP contribution in [0.25, 0.3) is 0 Å². The molecule has 0 aromatic carbocycles. The summed E-state index contributed by atoms with van der Waals surface area (Å²) in [6.07, 6.45) is 3.66. The molecule has 1 aromatic heterocycles. The fraction of sp³-hybridized carbons (Fsp3) is 0.750. The van der Waals surface area contributed by atoms with Crippen molar-refractivity contribution < 1.29 is 4.79 Å². The molecule has 0 bridgehead atoms. The highest BCUT2D eigenvalue weighted by Gasteiger charge is 2.21. The smallest absolute Gasteiger partial charge is 0.282 e. The molecule has 2 rings (SSSR count). The van der Waals surface area contributed by atoms with Gasteiger partial charge in [0, 0.05) is 25.0 Å². The number of hydrogen-bond acceptors (Lipinski definition) is 4. The summed E-state index contributed by atoms with van der Waals surface area (Å²) in [5.41, 5.74) is 1.02. The zero-order valence-corrected chi connectivity index (χ0v) is 14.4. The Morgan fingerprint density at radius 3 is 2.62 bits per heavy atom. The predicted molar refractivity (Wildman–Crippen MR) is 88.0 cm³/mol. The van der Waals surface area contributed by atoms with Crippen LogP contribution in [0.2, 0.25) is 0 Å². The third-order valence-corrected chi connectivity index (χ3v) is 5.14. The van der Waals surface area contributed by atoms with Crippen LogP contribution in [0.15, 0.2) is 5.38 Å². The number of amides is 1. The zero-order valence-electron chi connectivity index (χ0n) is 13.6. The fourth-order valence-electron chi connectivity index (χ4n) is 2.66. The highest BCUT2D eigenvalue weighted by Crippen LogP contribution is 2.19. The van der Waals surface area contributed by atoms with Gasteiger partial charge in [-0.3, -0.25) is 4.79 Å². The predicted octanol–water partition coefficient (Wildman–Crippen LogP) is 3.21. The van der Waals surface area contributed by atoms with E-state index >= 15 is 0 Å². The average molecular weight is 309 g/mol. The minimum atomic E-state index is 0.0560. The molecule has 1 aliphatic rings. The van der Waals surface area contributed by atoms with Crippen LogP contribution in [0.4, 0.5) is 0 Å². The standard InChI is InChI=1S/C16H27N3OS/c1-12(2)14-11-21-15(17-14)16(20)18(4)10-7-13(3)19-8-5-6-9-19/h11-13H,5-10H2,1-4H3. The minimum absolute atomic E-state index is 0.0560. The summed E-state index contributed by atoms with van der Waals surface area (Å²) in [6.45, 7) is 9.69. The molecule has 1 unspecified atom stereocenters. The van der Waals surface area contributed by atoms with Crippen molar-refractivity contribution in [1.29, 1.82) is 0 Å². The second-order valence-corrected chi connectivity index (χ2v) is 7.20. The van der Waals surface area contributed by atoms with Crippen LogP contribution in [0.5, 0.6) is 0 Å². The van der Waals surface area contributed by atoms with Gasteiger partial charge in [0.25, 0.3) is 5.91 Å². The van der Waals surface area contributed by atoms with Gasteiger partial charge in [0.2, 0.25) is 0 Å². The summed E-state index contributed by atoms with van der Waals surface area (Å²) in [7, 11) is 1.88. The first-order valence-corrected chi connectivity index (χ1v) is 8.82. The van der Waals surface area contributed by atoms with Gasteiger partial charge in [-0.2, -0.15) is 0 Å². The molecule has 1 saturated heterocycles. The van der Waals surface area contributed by atoms with Gasteiger partial charge in [0.05, 0.1) is 5.69 Å². The van der Waals surface area contributed by atoms with E-state index in [-0.39, 0.29) is 5.91 Å². The lowest BCUT2D eigenvalue weighted by Crippen LogP contribution is -2.35. The van der Waals surface area contributed by atoms with Crippen LogP contribution >= 0.6 is 11.3 Å². The maximum atomic E-state index is 12.4. The van der Waals surface area contributed by atoms with E-state index in [0.29, 0.717) is 17.0 Å². The van der Waals surface area contributed by atoms with Gasteiger partial charge in [-0.1, -0.05) is 13.8 Å². The summed E-state index contributed by atoms with van der Waals surface area (Å²) in [5.74, 6) is 0.434. The summed E-state index contributed by atoms with van der Waals surface area (Å²) < 4.78 is 0. The Morgan fingerprint density at radius 2 is 2.05 bits per heavy atom. The van der Waals surface area contributed by atoms with E-state index in [2.05, 4.69) is 30.7 Å². The molecule has 2 heterocycles. The Hall–Kier alpha value is -0.940. The molecule has 0 spiro atoms. The van der Waals surface area contributed by atoms with Gasteiger partial charge in [-0.25, -0.2) is 4.98 Å². The maximum absolute atomic E-state index is 12.4. The summed E-state index contributed by atoms with van der Waals surface area (Å²) >= 11 is 1.46. The lowest BCUT2D eigenvalue weighted by atomic mass is 10.2. The molecule has 5 heteroatoms. The largest absolute Gasteiger partial charge is 0.340 e. The normalized spacial score (nSPS) is 17.4. The number of thiazole rings is 1. The highest BCUT2D eigenvalue weighted by molar-refractivity contribution is 7.11. The lowest BCUT2D eigenvalue weighted by Gasteiger charge is -2.25. The molecule has 1 amide bonds. The topological polar surface area (TPSA) is 36.4 Å². The van der Waals surface area contributed by atoms with Gasteiger partial charge in [0.15, 0.2) is 5.01 Å². The zero-order chi connectivity index (χ0) is 15.4. The van der Waals surface area contributed by atoms with Gasteiger partial charge >= 0.3 is 0 Å². The molecule has 118 valence electrons. The monoisotopic (exact) mass is 309 g/mol.